The maximum absolute atomic E-state index is 11.6. The summed E-state index contributed by atoms with van der Waals surface area (Å²) in [4.78, 5) is 11.5. The summed E-state index contributed by atoms with van der Waals surface area (Å²) in [5, 5.41) is 0. The molecule has 1 aromatic carbocycles. The van der Waals surface area contributed by atoms with Gasteiger partial charge in [0.2, 0.25) is 5.91 Å². The summed E-state index contributed by atoms with van der Waals surface area (Å²) in [5.74, 6) is -0.216. The van der Waals surface area contributed by atoms with Gasteiger partial charge in [0, 0.05) is 21.5 Å². The molecule has 0 aromatic heterocycles. The van der Waals surface area contributed by atoms with Crippen LogP contribution in [-0.4, -0.2) is 31.6 Å². The van der Waals surface area contributed by atoms with Crippen LogP contribution in [0.25, 0.3) is 0 Å². The molecule has 0 saturated carbocycles. The Balaban J connectivity index is 2.37. The quantitative estimate of drug-likeness (QED) is 0.760. The minimum atomic E-state index is -3.19. The first-order chi connectivity index (χ1) is 8.39. The molecule has 0 fully saturated rings. The smallest absolute Gasteiger partial charge is 0.218 e. The van der Waals surface area contributed by atoms with Gasteiger partial charge < -0.3 is 5.73 Å². The molecule has 100 valence electrons. The first kappa shape index (κ1) is 15.5. The van der Waals surface area contributed by atoms with Crippen LogP contribution in [0.2, 0.25) is 0 Å². The van der Waals surface area contributed by atoms with Gasteiger partial charge in [0.05, 0.1) is 11.5 Å². The zero-order valence-electron chi connectivity index (χ0n) is 9.63. The van der Waals surface area contributed by atoms with Crippen LogP contribution in [0.1, 0.15) is 6.42 Å². The second-order valence-corrected chi connectivity index (χ2v) is 8.06. The maximum Gasteiger partial charge on any atom is 0.218 e. The van der Waals surface area contributed by atoms with Crippen molar-refractivity contribution in [1.82, 2.24) is 0 Å². The highest BCUT2D eigenvalue weighted by Crippen LogP contribution is 2.20. The lowest BCUT2D eigenvalue weighted by atomic mass is 10.4. The zero-order chi connectivity index (χ0) is 13.6. The number of thioether (sulfide) groups is 1. The SMILES string of the molecule is NC(=O)CCS(=O)(=O)CCSc1ccc(Br)cc1. The van der Waals surface area contributed by atoms with Gasteiger partial charge in [0.25, 0.3) is 0 Å². The fraction of sp³-hybridized carbons (Fsp3) is 0.364. The third kappa shape index (κ3) is 6.42. The van der Waals surface area contributed by atoms with Gasteiger partial charge >= 0.3 is 0 Å². The number of sulfone groups is 1. The highest BCUT2D eigenvalue weighted by molar-refractivity contribution is 9.10. The largest absolute Gasteiger partial charge is 0.370 e. The topological polar surface area (TPSA) is 77.2 Å². The minimum Gasteiger partial charge on any atom is -0.370 e. The highest BCUT2D eigenvalue weighted by Gasteiger charge is 2.12. The van der Waals surface area contributed by atoms with Crippen molar-refractivity contribution in [3.63, 3.8) is 0 Å². The van der Waals surface area contributed by atoms with Crippen molar-refractivity contribution in [2.75, 3.05) is 17.3 Å². The third-order valence-electron chi connectivity index (χ3n) is 2.14. The summed E-state index contributed by atoms with van der Waals surface area (Å²) in [7, 11) is -3.19. The number of carbonyl (C=O) groups excluding carboxylic acids is 1. The van der Waals surface area contributed by atoms with Crippen molar-refractivity contribution in [3.05, 3.63) is 28.7 Å². The molecule has 2 N–H and O–H groups in total. The standard InChI is InChI=1S/C11H14BrNO3S2/c12-9-1-3-10(4-2-9)17-6-8-18(15,16)7-5-11(13)14/h1-4H,5-8H2,(H2,13,14). The molecule has 0 saturated heterocycles. The summed E-state index contributed by atoms with van der Waals surface area (Å²) < 4.78 is 24.1. The molecule has 0 aliphatic heterocycles. The molecule has 0 radical (unpaired) electrons. The lowest BCUT2D eigenvalue weighted by Crippen LogP contribution is -2.19. The van der Waals surface area contributed by atoms with Crippen LogP contribution in [0.5, 0.6) is 0 Å². The predicted octanol–water partition coefficient (Wildman–Crippen LogP) is 1.83. The van der Waals surface area contributed by atoms with Gasteiger partial charge in [-0.05, 0) is 24.3 Å². The molecule has 7 heteroatoms. The lowest BCUT2D eigenvalue weighted by molar-refractivity contribution is -0.117. The third-order valence-corrected chi connectivity index (χ3v) is 5.59. The van der Waals surface area contributed by atoms with Crippen molar-refractivity contribution in [1.29, 1.82) is 0 Å². The van der Waals surface area contributed by atoms with Crippen LogP contribution < -0.4 is 5.73 Å². The average Bonchev–Trinajstić information content (AvgIpc) is 2.29. The predicted molar refractivity (Wildman–Crippen MR) is 77.3 cm³/mol. The molecule has 1 rings (SSSR count). The first-order valence-electron chi connectivity index (χ1n) is 5.26. The Labute approximate surface area is 119 Å². The van der Waals surface area contributed by atoms with E-state index in [1.807, 2.05) is 24.3 Å². The number of carbonyl (C=O) groups is 1. The number of nitrogens with two attached hydrogens (primary N) is 1. The van der Waals surface area contributed by atoms with E-state index in [1.54, 1.807) is 0 Å². The molecule has 4 nitrogen and oxygen atoms in total. The van der Waals surface area contributed by atoms with Gasteiger partial charge in [-0.25, -0.2) is 8.42 Å². The maximum atomic E-state index is 11.6. The van der Waals surface area contributed by atoms with E-state index in [-0.39, 0.29) is 17.9 Å². The van der Waals surface area contributed by atoms with Crippen molar-refractivity contribution < 1.29 is 13.2 Å². The van der Waals surface area contributed by atoms with Gasteiger partial charge in [0.15, 0.2) is 9.84 Å². The molecule has 0 aliphatic rings. The zero-order valence-corrected chi connectivity index (χ0v) is 12.9. The fourth-order valence-corrected chi connectivity index (χ4v) is 4.07. The summed E-state index contributed by atoms with van der Waals surface area (Å²) in [5.41, 5.74) is 4.92. The normalized spacial score (nSPS) is 11.4. The molecule has 18 heavy (non-hydrogen) atoms. The van der Waals surface area contributed by atoms with Crippen LogP contribution >= 0.6 is 27.7 Å². The second-order valence-electron chi connectivity index (χ2n) is 3.67. The molecule has 0 spiro atoms. The summed E-state index contributed by atoms with van der Waals surface area (Å²) in [6, 6.07) is 7.66. The van der Waals surface area contributed by atoms with Crippen LogP contribution in [0.15, 0.2) is 33.6 Å². The molecule has 0 unspecified atom stereocenters. The van der Waals surface area contributed by atoms with Crippen molar-refractivity contribution in [3.8, 4) is 0 Å². The molecule has 0 heterocycles. The Morgan fingerprint density at radius 1 is 1.22 bits per heavy atom. The molecule has 1 amide bonds. The summed E-state index contributed by atoms with van der Waals surface area (Å²) in [6.45, 7) is 0. The van der Waals surface area contributed by atoms with E-state index in [4.69, 9.17) is 5.73 Å². The Bertz CT molecular complexity index is 500. The first-order valence-corrected chi connectivity index (χ1v) is 8.86. The van der Waals surface area contributed by atoms with E-state index in [2.05, 4.69) is 15.9 Å². The van der Waals surface area contributed by atoms with Crippen molar-refractivity contribution >= 4 is 43.4 Å². The Morgan fingerprint density at radius 3 is 2.39 bits per heavy atom. The summed E-state index contributed by atoms with van der Waals surface area (Å²) >= 11 is 4.80. The molecular weight excluding hydrogens is 338 g/mol. The number of hydrogen-bond donors (Lipinski definition) is 1. The van der Waals surface area contributed by atoms with Gasteiger partial charge in [-0.2, -0.15) is 0 Å². The van der Waals surface area contributed by atoms with Crippen LogP contribution in [0.4, 0.5) is 0 Å². The summed E-state index contributed by atoms with van der Waals surface area (Å²) in [6.07, 6.45) is -0.106. The van der Waals surface area contributed by atoms with Crippen LogP contribution in [0, 0.1) is 0 Å². The minimum absolute atomic E-state index is 0.0566. The van der Waals surface area contributed by atoms with Gasteiger partial charge in [0.1, 0.15) is 0 Å². The monoisotopic (exact) mass is 351 g/mol. The molecule has 0 bridgehead atoms. The van der Waals surface area contributed by atoms with E-state index in [1.165, 1.54) is 11.8 Å². The van der Waals surface area contributed by atoms with Crippen LogP contribution in [-0.2, 0) is 14.6 Å². The van der Waals surface area contributed by atoms with E-state index < -0.39 is 15.7 Å². The number of hydrogen-bond acceptors (Lipinski definition) is 4. The lowest BCUT2D eigenvalue weighted by Gasteiger charge is -2.03. The molecule has 0 aliphatic carbocycles. The second kappa shape index (κ2) is 7.16. The van der Waals surface area contributed by atoms with Crippen molar-refractivity contribution in [2.24, 2.45) is 5.73 Å². The van der Waals surface area contributed by atoms with Crippen molar-refractivity contribution in [2.45, 2.75) is 11.3 Å². The number of benzene rings is 1. The Kier molecular flexibility index (Phi) is 6.17. The molecule has 1 aromatic rings. The molecular formula is C11H14BrNO3S2. The number of primary amides is 1. The van der Waals surface area contributed by atoms with E-state index in [0.29, 0.717) is 5.75 Å². The van der Waals surface area contributed by atoms with E-state index in [0.717, 1.165) is 9.37 Å². The highest BCUT2D eigenvalue weighted by atomic mass is 79.9. The van der Waals surface area contributed by atoms with Gasteiger partial charge in [-0.3, -0.25) is 4.79 Å². The Morgan fingerprint density at radius 2 is 1.83 bits per heavy atom. The van der Waals surface area contributed by atoms with Gasteiger partial charge in [-0.1, -0.05) is 15.9 Å². The van der Waals surface area contributed by atoms with Crippen LogP contribution in [0.3, 0.4) is 0 Å². The Hall–Kier alpha value is -0.530. The number of rotatable bonds is 7. The van der Waals surface area contributed by atoms with E-state index >= 15 is 0 Å². The van der Waals surface area contributed by atoms with E-state index in [9.17, 15) is 13.2 Å². The number of amides is 1. The van der Waals surface area contributed by atoms with Gasteiger partial charge in [-0.15, -0.1) is 11.8 Å². The molecule has 0 atom stereocenters. The number of halogens is 1. The fourth-order valence-electron chi connectivity index (χ4n) is 1.18. The average molecular weight is 352 g/mol.